The normalized spacial score (nSPS) is 11.8. The number of hydrogen-bond acceptors (Lipinski definition) is 1. The van der Waals surface area contributed by atoms with Crippen molar-refractivity contribution in [1.29, 1.82) is 0 Å². The number of unbranched alkanes of at least 4 members (excludes halogenated alkanes) is 10. The summed E-state index contributed by atoms with van der Waals surface area (Å²) in [5.41, 5.74) is 0. The zero-order valence-electron chi connectivity index (χ0n) is 14.0. The third kappa shape index (κ3) is 13.9. The first-order valence-corrected chi connectivity index (χ1v) is 8.52. The molecule has 0 fully saturated rings. The Hall–Kier alpha value is -0.570. The highest BCUT2D eigenvalue weighted by Gasteiger charge is 2.18. The smallest absolute Gasteiger partial charge is 0.359 e. The number of hydrogen-bond donors (Lipinski definition) is 1. The standard InChI is InChI=1S/C17H35NO2/c1-4-5-6-7-8-9-10-11-12-13-14-15-18(2,3)16-17(19)20/h4-16H2,1-3H3/p+1. The molecule has 0 aliphatic carbocycles. The summed E-state index contributed by atoms with van der Waals surface area (Å²) in [5, 5.41) is 8.81. The van der Waals surface area contributed by atoms with Crippen LogP contribution in [0.2, 0.25) is 0 Å². The summed E-state index contributed by atoms with van der Waals surface area (Å²) in [6.45, 7) is 3.47. The molecule has 3 nitrogen and oxygen atoms in total. The quantitative estimate of drug-likeness (QED) is 0.378. The van der Waals surface area contributed by atoms with E-state index in [-0.39, 0.29) is 6.54 Å². The summed E-state index contributed by atoms with van der Waals surface area (Å²) >= 11 is 0. The predicted octanol–water partition coefficient (Wildman–Crippen LogP) is 4.46. The van der Waals surface area contributed by atoms with Crippen LogP contribution in [0.15, 0.2) is 0 Å². The van der Waals surface area contributed by atoms with Gasteiger partial charge in [0.25, 0.3) is 0 Å². The third-order valence-electron chi connectivity index (χ3n) is 3.93. The van der Waals surface area contributed by atoms with E-state index < -0.39 is 5.97 Å². The number of carboxylic acid groups (broad SMARTS) is 1. The highest BCUT2D eigenvalue weighted by Crippen LogP contribution is 2.12. The van der Waals surface area contributed by atoms with Crippen LogP contribution in [0.25, 0.3) is 0 Å². The fourth-order valence-electron chi connectivity index (χ4n) is 2.65. The maximum absolute atomic E-state index is 10.7. The Kier molecular flexibility index (Phi) is 11.8. The number of quaternary nitrogens is 1. The number of carbonyl (C=O) groups is 1. The van der Waals surface area contributed by atoms with Crippen LogP contribution in [0, 0.1) is 0 Å². The monoisotopic (exact) mass is 286 g/mol. The van der Waals surface area contributed by atoms with Gasteiger partial charge in [-0.1, -0.05) is 64.7 Å². The van der Waals surface area contributed by atoms with Gasteiger partial charge in [-0.05, 0) is 12.8 Å². The van der Waals surface area contributed by atoms with Crippen molar-refractivity contribution in [3.8, 4) is 0 Å². The van der Waals surface area contributed by atoms with Gasteiger partial charge in [0.2, 0.25) is 0 Å². The van der Waals surface area contributed by atoms with E-state index in [0.29, 0.717) is 4.48 Å². The fourth-order valence-corrected chi connectivity index (χ4v) is 2.65. The highest BCUT2D eigenvalue weighted by molar-refractivity contribution is 5.67. The van der Waals surface area contributed by atoms with Crippen LogP contribution in [0.1, 0.15) is 77.6 Å². The van der Waals surface area contributed by atoms with Crippen molar-refractivity contribution in [3.05, 3.63) is 0 Å². The van der Waals surface area contributed by atoms with E-state index in [2.05, 4.69) is 6.92 Å². The molecule has 0 heterocycles. The first kappa shape index (κ1) is 19.4. The second kappa shape index (κ2) is 12.2. The Balaban J connectivity index is 3.26. The molecule has 0 radical (unpaired) electrons. The molecule has 0 rings (SSSR count). The number of carboxylic acids is 1. The molecule has 0 saturated carbocycles. The minimum Gasteiger partial charge on any atom is -0.477 e. The molecule has 1 N–H and O–H groups in total. The van der Waals surface area contributed by atoms with E-state index in [9.17, 15) is 4.79 Å². The van der Waals surface area contributed by atoms with Crippen LogP contribution in [0.4, 0.5) is 0 Å². The molecule has 0 atom stereocenters. The third-order valence-corrected chi connectivity index (χ3v) is 3.93. The van der Waals surface area contributed by atoms with E-state index in [0.717, 1.165) is 13.0 Å². The van der Waals surface area contributed by atoms with Crippen molar-refractivity contribution >= 4 is 5.97 Å². The second-order valence-corrected chi connectivity index (χ2v) is 6.75. The van der Waals surface area contributed by atoms with E-state index >= 15 is 0 Å². The van der Waals surface area contributed by atoms with Gasteiger partial charge in [-0.15, -0.1) is 0 Å². The average Bonchev–Trinajstić information content (AvgIpc) is 2.34. The maximum Gasteiger partial charge on any atom is 0.359 e. The van der Waals surface area contributed by atoms with E-state index in [1.165, 1.54) is 64.2 Å². The van der Waals surface area contributed by atoms with E-state index in [1.54, 1.807) is 0 Å². The number of rotatable bonds is 14. The molecule has 0 aromatic carbocycles. The zero-order valence-corrected chi connectivity index (χ0v) is 14.0. The molecule has 0 saturated heterocycles. The lowest BCUT2D eigenvalue weighted by molar-refractivity contribution is -0.883. The molecule has 120 valence electrons. The van der Waals surface area contributed by atoms with Crippen LogP contribution >= 0.6 is 0 Å². The van der Waals surface area contributed by atoms with Gasteiger partial charge in [0.15, 0.2) is 6.54 Å². The van der Waals surface area contributed by atoms with Gasteiger partial charge < -0.3 is 9.59 Å². The van der Waals surface area contributed by atoms with Gasteiger partial charge >= 0.3 is 5.97 Å². The zero-order chi connectivity index (χ0) is 15.3. The lowest BCUT2D eigenvalue weighted by Gasteiger charge is -2.27. The van der Waals surface area contributed by atoms with Crippen LogP contribution in [0.3, 0.4) is 0 Å². The molecule has 0 aromatic rings. The van der Waals surface area contributed by atoms with Crippen LogP contribution < -0.4 is 0 Å². The molecule has 0 bridgehead atoms. The average molecular weight is 286 g/mol. The first-order valence-electron chi connectivity index (χ1n) is 8.52. The van der Waals surface area contributed by atoms with Gasteiger partial charge in [-0.2, -0.15) is 0 Å². The first-order chi connectivity index (χ1) is 9.48. The fraction of sp³-hybridized carbons (Fsp3) is 0.941. The van der Waals surface area contributed by atoms with E-state index in [4.69, 9.17) is 5.11 Å². The van der Waals surface area contributed by atoms with Crippen molar-refractivity contribution < 1.29 is 14.4 Å². The van der Waals surface area contributed by atoms with Crippen LogP contribution in [-0.2, 0) is 4.79 Å². The van der Waals surface area contributed by atoms with Gasteiger partial charge in [0.1, 0.15) is 0 Å². The van der Waals surface area contributed by atoms with Gasteiger partial charge in [-0.3, -0.25) is 0 Å². The largest absolute Gasteiger partial charge is 0.477 e. The molecular formula is C17H36NO2+. The van der Waals surface area contributed by atoms with Crippen molar-refractivity contribution in [2.75, 3.05) is 27.2 Å². The number of nitrogens with zero attached hydrogens (tertiary/aromatic N) is 1. The number of likely N-dealkylation sites (N-methyl/N-ethyl adjacent to an activating group) is 1. The molecule has 3 heteroatoms. The number of aliphatic carboxylic acids is 1. The molecule has 20 heavy (non-hydrogen) atoms. The summed E-state index contributed by atoms with van der Waals surface area (Å²) in [6, 6.07) is 0. The SMILES string of the molecule is CCCCCCCCCCCCC[N+](C)(C)CC(=O)O. The van der Waals surface area contributed by atoms with Crippen molar-refractivity contribution in [1.82, 2.24) is 0 Å². The Morgan fingerprint density at radius 2 is 1.20 bits per heavy atom. The topological polar surface area (TPSA) is 37.3 Å². The Morgan fingerprint density at radius 3 is 1.60 bits per heavy atom. The summed E-state index contributed by atoms with van der Waals surface area (Å²) in [5.74, 6) is -0.696. The molecule has 0 aliphatic heterocycles. The summed E-state index contributed by atoms with van der Waals surface area (Å²) in [4.78, 5) is 10.7. The Bertz CT molecular complexity index is 239. The predicted molar refractivity (Wildman–Crippen MR) is 85.9 cm³/mol. The van der Waals surface area contributed by atoms with Crippen LogP contribution in [0.5, 0.6) is 0 Å². The van der Waals surface area contributed by atoms with Crippen molar-refractivity contribution in [2.45, 2.75) is 77.6 Å². The second-order valence-electron chi connectivity index (χ2n) is 6.75. The molecule has 0 amide bonds. The maximum atomic E-state index is 10.7. The molecule has 0 aliphatic rings. The lowest BCUT2D eigenvalue weighted by Crippen LogP contribution is -2.44. The lowest BCUT2D eigenvalue weighted by atomic mass is 10.1. The minimum absolute atomic E-state index is 0.234. The molecule has 0 spiro atoms. The summed E-state index contributed by atoms with van der Waals surface area (Å²) < 4.78 is 0.604. The van der Waals surface area contributed by atoms with Crippen LogP contribution in [-0.4, -0.2) is 42.7 Å². The Morgan fingerprint density at radius 1 is 0.800 bits per heavy atom. The van der Waals surface area contributed by atoms with Crippen molar-refractivity contribution in [3.63, 3.8) is 0 Å². The summed E-state index contributed by atoms with van der Waals surface area (Å²) in [7, 11) is 4.01. The molecular weight excluding hydrogens is 250 g/mol. The molecule has 0 unspecified atom stereocenters. The Labute approximate surface area is 126 Å². The highest BCUT2D eigenvalue weighted by atomic mass is 16.4. The van der Waals surface area contributed by atoms with Gasteiger partial charge in [0.05, 0.1) is 20.6 Å². The minimum atomic E-state index is -0.696. The van der Waals surface area contributed by atoms with Gasteiger partial charge in [0, 0.05) is 0 Å². The van der Waals surface area contributed by atoms with Crippen molar-refractivity contribution in [2.24, 2.45) is 0 Å². The summed E-state index contributed by atoms with van der Waals surface area (Å²) in [6.07, 6.45) is 14.8. The van der Waals surface area contributed by atoms with Gasteiger partial charge in [-0.25, -0.2) is 4.79 Å². The molecule has 0 aromatic heterocycles. The van der Waals surface area contributed by atoms with E-state index in [1.807, 2.05) is 14.1 Å².